The van der Waals surface area contributed by atoms with E-state index in [0.717, 1.165) is 30.9 Å². The third-order valence-electron chi connectivity index (χ3n) is 1.51. The highest BCUT2D eigenvalue weighted by atomic mass is 79.9. The summed E-state index contributed by atoms with van der Waals surface area (Å²) in [6.07, 6.45) is 1.96. The minimum atomic E-state index is 0. The fraction of sp³-hybridized carbons (Fsp3) is 0.714. The maximum Gasteiger partial charge on any atom is 0.174 e. The van der Waals surface area contributed by atoms with E-state index in [1.165, 1.54) is 11.8 Å². The van der Waals surface area contributed by atoms with E-state index in [1.54, 1.807) is 7.11 Å². The minimum Gasteiger partial charge on any atom is -0.385 e. The molecule has 1 rings (SSSR count). The second-order valence-corrected chi connectivity index (χ2v) is 3.49. The first-order valence-corrected chi connectivity index (χ1v) is 4.83. The highest BCUT2D eigenvalue weighted by molar-refractivity contribution is 8.93. The van der Waals surface area contributed by atoms with E-state index in [4.69, 9.17) is 10.1 Å². The average molecular weight is 268 g/mol. The molecule has 0 amide bonds. The van der Waals surface area contributed by atoms with E-state index in [-0.39, 0.29) is 17.0 Å². The Morgan fingerprint density at radius 1 is 1.69 bits per heavy atom. The van der Waals surface area contributed by atoms with Gasteiger partial charge in [0.1, 0.15) is 0 Å². The molecule has 76 valence electrons. The van der Waals surface area contributed by atoms with Crippen LogP contribution >= 0.6 is 28.7 Å². The van der Waals surface area contributed by atoms with Crippen LogP contribution in [0.1, 0.15) is 12.8 Å². The lowest BCUT2D eigenvalue weighted by molar-refractivity contribution is 0.196. The number of hydrogen-bond acceptors (Lipinski definition) is 4. The van der Waals surface area contributed by atoms with Gasteiger partial charge in [0.15, 0.2) is 5.17 Å². The summed E-state index contributed by atoms with van der Waals surface area (Å²) in [5, 5.41) is 11.7. The van der Waals surface area contributed by atoms with Gasteiger partial charge in [0, 0.05) is 25.2 Å². The molecule has 0 aromatic rings. The van der Waals surface area contributed by atoms with Crippen LogP contribution in [0.3, 0.4) is 0 Å². The van der Waals surface area contributed by atoms with Crippen molar-refractivity contribution in [3.05, 3.63) is 0 Å². The zero-order chi connectivity index (χ0) is 8.81. The first-order chi connectivity index (χ1) is 5.83. The highest BCUT2D eigenvalue weighted by Gasteiger charge is 2.08. The van der Waals surface area contributed by atoms with E-state index < -0.39 is 0 Å². The lowest BCUT2D eigenvalue weighted by Gasteiger charge is -2.12. The number of nitrogens with one attached hydrogen (secondary N) is 2. The zero-order valence-corrected chi connectivity index (χ0v) is 10.0. The molecule has 2 N–H and O–H groups in total. The molecule has 0 aromatic carbocycles. The Labute approximate surface area is 92.8 Å². The van der Waals surface area contributed by atoms with Gasteiger partial charge in [-0.3, -0.25) is 10.8 Å². The average Bonchev–Trinajstić information content (AvgIpc) is 2.09. The fourth-order valence-corrected chi connectivity index (χ4v) is 1.53. The summed E-state index contributed by atoms with van der Waals surface area (Å²) in [6.45, 7) is 0.779. The van der Waals surface area contributed by atoms with Crippen LogP contribution in [-0.2, 0) is 4.74 Å². The van der Waals surface area contributed by atoms with Gasteiger partial charge in [0.25, 0.3) is 0 Å². The Bertz CT molecular complexity index is 198. The minimum absolute atomic E-state index is 0. The summed E-state index contributed by atoms with van der Waals surface area (Å²) in [4.78, 5) is 0. The van der Waals surface area contributed by atoms with Gasteiger partial charge in [-0.05, 0) is 12.8 Å². The van der Waals surface area contributed by atoms with Crippen LogP contribution in [-0.4, -0.2) is 30.3 Å². The predicted molar refractivity (Wildman–Crippen MR) is 62.2 cm³/mol. The number of amidine groups is 1. The van der Waals surface area contributed by atoms with Gasteiger partial charge in [0.2, 0.25) is 0 Å². The highest BCUT2D eigenvalue weighted by Crippen LogP contribution is 2.08. The number of rotatable bonds is 4. The van der Waals surface area contributed by atoms with Crippen molar-refractivity contribution in [3.8, 4) is 0 Å². The van der Waals surface area contributed by atoms with Crippen LogP contribution in [0.25, 0.3) is 0 Å². The largest absolute Gasteiger partial charge is 0.385 e. The maximum absolute atomic E-state index is 7.21. The van der Waals surface area contributed by atoms with Crippen LogP contribution in [0.4, 0.5) is 0 Å². The Morgan fingerprint density at radius 2 is 2.46 bits per heavy atom. The number of hydrogen-bond donors (Lipinski definition) is 2. The normalized spacial score (nSPS) is 15.8. The summed E-state index contributed by atoms with van der Waals surface area (Å²) in [5.74, 6) is 0.843. The van der Waals surface area contributed by atoms with Gasteiger partial charge >= 0.3 is 0 Å². The molecule has 1 aliphatic heterocycles. The molecule has 0 unspecified atom stereocenters. The third kappa shape index (κ3) is 5.28. The van der Waals surface area contributed by atoms with Crippen LogP contribution < -0.4 is 5.43 Å². The number of hydrazone groups is 1. The van der Waals surface area contributed by atoms with Crippen molar-refractivity contribution < 1.29 is 4.74 Å². The Hall–Kier alpha value is -0.0700. The molecule has 0 radical (unpaired) electrons. The molecular weight excluding hydrogens is 254 g/mol. The number of ether oxygens (including phenoxy) is 1. The fourth-order valence-electron chi connectivity index (χ4n) is 0.898. The second kappa shape index (κ2) is 7.34. The van der Waals surface area contributed by atoms with Crippen LogP contribution in [0.15, 0.2) is 5.10 Å². The first kappa shape index (κ1) is 12.9. The Morgan fingerprint density at radius 3 is 3.00 bits per heavy atom. The second-order valence-electron chi connectivity index (χ2n) is 2.50. The van der Waals surface area contributed by atoms with E-state index in [2.05, 4.69) is 10.5 Å². The van der Waals surface area contributed by atoms with E-state index in [9.17, 15) is 0 Å². The van der Waals surface area contributed by atoms with Gasteiger partial charge in [-0.2, -0.15) is 5.10 Å². The van der Waals surface area contributed by atoms with Crippen molar-refractivity contribution in [1.82, 2.24) is 5.43 Å². The summed E-state index contributed by atoms with van der Waals surface area (Å²) in [5.41, 5.74) is 3.77. The van der Waals surface area contributed by atoms with Gasteiger partial charge in [-0.25, -0.2) is 0 Å². The molecule has 0 saturated heterocycles. The predicted octanol–water partition coefficient (Wildman–Crippen LogP) is 1.62. The maximum atomic E-state index is 7.21. The Kier molecular flexibility index (Phi) is 7.31. The summed E-state index contributed by atoms with van der Waals surface area (Å²) >= 11 is 1.48. The topological polar surface area (TPSA) is 57.5 Å². The molecule has 0 fully saturated rings. The first-order valence-electron chi connectivity index (χ1n) is 3.84. The number of halogens is 1. The standard InChI is InChI=1S/C7H13N3OS.BrH/c1-11-4-2-3-6-5-12-7(8)10-9-6;/h2-5H2,1H3,(H2,8,10);1H. The summed E-state index contributed by atoms with van der Waals surface area (Å²) in [7, 11) is 1.70. The van der Waals surface area contributed by atoms with Crippen molar-refractivity contribution in [2.45, 2.75) is 12.8 Å². The molecule has 6 heteroatoms. The van der Waals surface area contributed by atoms with Crippen molar-refractivity contribution in [3.63, 3.8) is 0 Å². The van der Waals surface area contributed by atoms with E-state index in [1.807, 2.05) is 0 Å². The van der Waals surface area contributed by atoms with E-state index >= 15 is 0 Å². The molecule has 13 heavy (non-hydrogen) atoms. The molecule has 1 heterocycles. The third-order valence-corrected chi connectivity index (χ3v) is 2.37. The van der Waals surface area contributed by atoms with Gasteiger partial charge < -0.3 is 4.74 Å². The molecule has 4 nitrogen and oxygen atoms in total. The number of nitrogens with zero attached hydrogens (tertiary/aromatic N) is 1. The quantitative estimate of drug-likeness (QED) is 0.762. The van der Waals surface area contributed by atoms with Crippen molar-refractivity contribution >= 4 is 39.6 Å². The molecule has 0 aliphatic carbocycles. The van der Waals surface area contributed by atoms with Crippen LogP contribution in [0.5, 0.6) is 0 Å². The van der Waals surface area contributed by atoms with Crippen molar-refractivity contribution in [2.75, 3.05) is 19.5 Å². The summed E-state index contributed by atoms with van der Waals surface area (Å²) in [6, 6.07) is 0. The van der Waals surface area contributed by atoms with Crippen LogP contribution in [0.2, 0.25) is 0 Å². The zero-order valence-electron chi connectivity index (χ0n) is 7.50. The van der Waals surface area contributed by atoms with Gasteiger partial charge in [0.05, 0.1) is 0 Å². The van der Waals surface area contributed by atoms with E-state index in [0.29, 0.717) is 5.17 Å². The molecule has 1 aliphatic rings. The molecule has 0 saturated carbocycles. The lowest BCUT2D eigenvalue weighted by atomic mass is 10.2. The molecule has 0 bridgehead atoms. The smallest absolute Gasteiger partial charge is 0.174 e. The number of methoxy groups -OCH3 is 1. The Balaban J connectivity index is 0.00000144. The van der Waals surface area contributed by atoms with Gasteiger partial charge in [-0.15, -0.1) is 17.0 Å². The lowest BCUT2D eigenvalue weighted by Crippen LogP contribution is -2.23. The van der Waals surface area contributed by atoms with Crippen LogP contribution in [0, 0.1) is 5.41 Å². The molecular formula is C7H14BrN3OS. The van der Waals surface area contributed by atoms with Crippen molar-refractivity contribution in [2.24, 2.45) is 5.10 Å². The molecule has 0 spiro atoms. The number of thioether (sulfide) groups is 1. The van der Waals surface area contributed by atoms with Gasteiger partial charge in [-0.1, -0.05) is 11.8 Å². The molecule has 0 aromatic heterocycles. The monoisotopic (exact) mass is 267 g/mol. The SMILES string of the molecule is Br.COCCCC1=NNC(=N)SC1. The van der Waals surface area contributed by atoms with Crippen molar-refractivity contribution in [1.29, 1.82) is 5.41 Å². The molecule has 0 atom stereocenters. The summed E-state index contributed by atoms with van der Waals surface area (Å²) < 4.78 is 4.93.